The number of carbonyl (C=O) groups is 1. The average molecular weight is 584 g/mol. The van der Waals surface area contributed by atoms with Crippen molar-refractivity contribution < 1.29 is 23.7 Å². The molecule has 2 spiro atoms. The molecular formula is C37H45NO5. The van der Waals surface area contributed by atoms with Gasteiger partial charge in [0.25, 0.3) is 0 Å². The van der Waals surface area contributed by atoms with E-state index in [1.807, 2.05) is 20.1 Å². The van der Waals surface area contributed by atoms with Gasteiger partial charge in [-0.1, -0.05) is 48.5 Å². The molecule has 1 saturated heterocycles. The van der Waals surface area contributed by atoms with Gasteiger partial charge in [0.15, 0.2) is 0 Å². The predicted molar refractivity (Wildman–Crippen MR) is 164 cm³/mol. The third kappa shape index (κ3) is 3.79. The van der Waals surface area contributed by atoms with Gasteiger partial charge in [0, 0.05) is 48.1 Å². The third-order valence-electron chi connectivity index (χ3n) is 12.4. The number of likely N-dealkylation sites (tertiary alicyclic amines) is 1. The van der Waals surface area contributed by atoms with Crippen LogP contribution >= 0.6 is 0 Å². The minimum Gasteiger partial charge on any atom is -0.486 e. The second-order valence-electron chi connectivity index (χ2n) is 14.1. The first kappa shape index (κ1) is 27.8. The maximum absolute atomic E-state index is 12.9. The number of nitrogens with zero attached hydrogens (tertiary/aromatic N) is 1. The van der Waals surface area contributed by atoms with Gasteiger partial charge in [0.1, 0.15) is 17.5 Å². The van der Waals surface area contributed by atoms with Crippen LogP contribution in [-0.4, -0.2) is 62.0 Å². The summed E-state index contributed by atoms with van der Waals surface area (Å²) in [5.74, 6) is 1.79. The highest BCUT2D eigenvalue weighted by atomic mass is 16.6. The first-order chi connectivity index (χ1) is 21.0. The topological polar surface area (TPSA) is 57.2 Å². The number of hydrogen-bond acceptors (Lipinski definition) is 6. The van der Waals surface area contributed by atoms with Crippen LogP contribution in [0.1, 0.15) is 61.3 Å². The summed E-state index contributed by atoms with van der Waals surface area (Å²) in [6.45, 7) is 7.82. The molecule has 2 unspecified atom stereocenters. The van der Waals surface area contributed by atoms with Crippen molar-refractivity contribution in [3.8, 4) is 5.75 Å². The lowest BCUT2D eigenvalue weighted by Crippen LogP contribution is -2.84. The summed E-state index contributed by atoms with van der Waals surface area (Å²) < 4.78 is 26.1. The number of benzene rings is 2. The molecule has 2 heterocycles. The van der Waals surface area contributed by atoms with Gasteiger partial charge in [-0.2, -0.15) is 0 Å². The minimum absolute atomic E-state index is 0.0401. The molecule has 2 aromatic rings. The molecule has 9 rings (SSSR count). The number of fused-ring (bicyclic) bond motifs is 2. The van der Waals surface area contributed by atoms with Crippen molar-refractivity contribution in [1.29, 1.82) is 0 Å². The number of ether oxygens (including phenoxy) is 4. The molecular weight excluding hydrogens is 538 g/mol. The highest BCUT2D eigenvalue weighted by molar-refractivity contribution is 5.82. The van der Waals surface area contributed by atoms with Crippen molar-refractivity contribution in [2.75, 3.05) is 33.4 Å². The monoisotopic (exact) mass is 583 g/mol. The zero-order valence-electron chi connectivity index (χ0n) is 25.8. The van der Waals surface area contributed by atoms with Crippen LogP contribution in [0.3, 0.4) is 0 Å². The minimum atomic E-state index is -0.522. The van der Waals surface area contributed by atoms with Crippen LogP contribution in [0, 0.1) is 30.1 Å². The summed E-state index contributed by atoms with van der Waals surface area (Å²) in [6, 6.07) is 15.4. The van der Waals surface area contributed by atoms with E-state index < -0.39 is 5.60 Å². The summed E-state index contributed by atoms with van der Waals surface area (Å²) in [5, 5.41) is 0. The van der Waals surface area contributed by atoms with Crippen LogP contribution in [0.25, 0.3) is 0 Å². The number of hydrogen-bond donors (Lipinski definition) is 0. The van der Waals surface area contributed by atoms with Gasteiger partial charge in [-0.25, -0.2) is 4.79 Å². The van der Waals surface area contributed by atoms with Crippen LogP contribution < -0.4 is 4.74 Å². The Labute approximate surface area is 255 Å². The molecule has 6 nitrogen and oxygen atoms in total. The quantitative estimate of drug-likeness (QED) is 0.261. The molecule has 0 aromatic heterocycles. The van der Waals surface area contributed by atoms with Crippen LogP contribution in [0.5, 0.6) is 5.75 Å². The van der Waals surface area contributed by atoms with Gasteiger partial charge in [0.05, 0.1) is 19.8 Å². The van der Waals surface area contributed by atoms with E-state index in [-0.39, 0.29) is 34.7 Å². The molecule has 7 atom stereocenters. The van der Waals surface area contributed by atoms with Crippen molar-refractivity contribution in [2.24, 2.45) is 23.2 Å². The summed E-state index contributed by atoms with van der Waals surface area (Å²) in [4.78, 5) is 15.7. The molecule has 5 aliphatic carbocycles. The Kier molecular flexibility index (Phi) is 6.59. The van der Waals surface area contributed by atoms with Gasteiger partial charge in [-0.15, -0.1) is 0 Å². The van der Waals surface area contributed by atoms with Gasteiger partial charge < -0.3 is 18.9 Å². The van der Waals surface area contributed by atoms with Gasteiger partial charge in [0.2, 0.25) is 0 Å². The number of carbonyl (C=O) groups excluding carboxylic acids is 1. The van der Waals surface area contributed by atoms with E-state index in [0.29, 0.717) is 25.9 Å². The number of esters is 1. The molecule has 7 aliphatic rings. The third-order valence-corrected chi connectivity index (χ3v) is 12.4. The molecule has 228 valence electrons. The normalized spacial score (nSPS) is 36.9. The zero-order valence-corrected chi connectivity index (χ0v) is 25.8. The number of methoxy groups -OCH3 is 1. The summed E-state index contributed by atoms with van der Waals surface area (Å²) in [7, 11) is 1.88. The second-order valence-corrected chi connectivity index (χ2v) is 14.1. The van der Waals surface area contributed by atoms with Crippen molar-refractivity contribution in [2.45, 2.75) is 82.1 Å². The molecule has 0 amide bonds. The predicted octanol–water partition coefficient (Wildman–Crippen LogP) is 5.78. The largest absolute Gasteiger partial charge is 0.486 e. The lowest BCUT2D eigenvalue weighted by Gasteiger charge is -2.76. The summed E-state index contributed by atoms with van der Waals surface area (Å²) >= 11 is 0. The van der Waals surface area contributed by atoms with Gasteiger partial charge in [-0.05, 0) is 87.4 Å². The highest BCUT2D eigenvalue weighted by Gasteiger charge is 2.83. The van der Waals surface area contributed by atoms with Crippen LogP contribution in [-0.2, 0) is 37.4 Å². The van der Waals surface area contributed by atoms with Crippen molar-refractivity contribution in [1.82, 2.24) is 4.90 Å². The van der Waals surface area contributed by atoms with E-state index in [0.717, 1.165) is 49.5 Å². The van der Waals surface area contributed by atoms with Crippen LogP contribution in [0.4, 0.5) is 0 Å². The van der Waals surface area contributed by atoms with Gasteiger partial charge in [-0.3, -0.25) is 4.90 Å². The number of allylic oxidation sites excluding steroid dienone is 1. The lowest BCUT2D eigenvalue weighted by molar-refractivity contribution is -0.302. The van der Waals surface area contributed by atoms with E-state index in [1.165, 1.54) is 36.1 Å². The maximum Gasteiger partial charge on any atom is 0.330 e. The second kappa shape index (κ2) is 10.2. The van der Waals surface area contributed by atoms with Crippen molar-refractivity contribution >= 4 is 5.97 Å². The summed E-state index contributed by atoms with van der Waals surface area (Å²) in [5.41, 5.74) is 4.55. The fourth-order valence-corrected chi connectivity index (χ4v) is 10.7. The number of aryl methyl sites for hydroxylation is 1. The molecule has 6 heteroatoms. The molecule has 4 bridgehead atoms. The molecule has 43 heavy (non-hydrogen) atoms. The fourth-order valence-electron chi connectivity index (χ4n) is 10.7. The molecule has 2 aliphatic heterocycles. The average Bonchev–Trinajstić information content (AvgIpc) is 3.76. The van der Waals surface area contributed by atoms with Crippen molar-refractivity contribution in [3.05, 3.63) is 76.9 Å². The first-order valence-corrected chi connectivity index (χ1v) is 16.5. The first-order valence-electron chi connectivity index (χ1n) is 16.5. The SMILES string of the molecule is CCOC(=O)/C=C/[C@H]1[C@H](COCc2ccccc2)C2(OC)CCC13[C@H]1Cc4ccc(C)c5c4[C@@]3(CCN1CC1CC1)[C@H]2O5. The Morgan fingerprint density at radius 1 is 1.12 bits per heavy atom. The summed E-state index contributed by atoms with van der Waals surface area (Å²) in [6.07, 6.45) is 10.7. The molecule has 5 fully saturated rings. The Balaban J connectivity index is 1.29. The van der Waals surface area contributed by atoms with Crippen LogP contribution in [0.2, 0.25) is 0 Å². The lowest BCUT2D eigenvalue weighted by atomic mass is 9.31. The Bertz CT molecular complexity index is 1440. The molecule has 4 saturated carbocycles. The van der Waals surface area contributed by atoms with Crippen LogP contribution in [0.15, 0.2) is 54.6 Å². The Hall–Kier alpha value is -2.67. The molecule has 0 radical (unpaired) electrons. The van der Waals surface area contributed by atoms with Crippen molar-refractivity contribution in [3.63, 3.8) is 0 Å². The Morgan fingerprint density at radius 3 is 2.72 bits per heavy atom. The van der Waals surface area contributed by atoms with Gasteiger partial charge >= 0.3 is 5.97 Å². The van der Waals surface area contributed by atoms with E-state index in [9.17, 15) is 4.79 Å². The van der Waals surface area contributed by atoms with E-state index >= 15 is 0 Å². The Morgan fingerprint density at radius 2 is 1.95 bits per heavy atom. The smallest absolute Gasteiger partial charge is 0.330 e. The molecule has 2 aromatic carbocycles. The zero-order chi connectivity index (χ0) is 29.4. The number of piperidine rings is 1. The number of rotatable bonds is 10. The molecule has 0 N–H and O–H groups in total. The maximum atomic E-state index is 12.9. The standard InChI is InChI=1S/C37H45NO5/c1-4-42-31(39)15-14-28-29(23-41-22-26-8-6-5-7-9-26)37(40-3)17-16-35(28)30-20-27-13-10-24(2)33-32(27)36(35,34(37)43-33)18-19-38(30)21-25-11-12-25/h5-10,13-15,25,28-30,34H,4,11-12,16-23H2,1-3H3/b15-14+/t28-,29-,30+,34+,35?,36-,37?/m0/s1. The highest BCUT2D eigenvalue weighted by Crippen LogP contribution is 2.78. The van der Waals surface area contributed by atoms with E-state index in [1.54, 1.807) is 6.08 Å². The van der Waals surface area contributed by atoms with E-state index in [2.05, 4.69) is 54.3 Å². The van der Waals surface area contributed by atoms with E-state index in [4.69, 9.17) is 18.9 Å². The fraction of sp³-hybridized carbons (Fsp3) is 0.595.